The number of fused-ring (bicyclic) bond motifs is 1. The molecule has 23 heavy (non-hydrogen) atoms. The third kappa shape index (κ3) is 2.28. The molecule has 0 aliphatic carbocycles. The first-order valence-electron chi connectivity index (χ1n) is 7.06. The standard InChI is InChI=1S/C18H12N2O3/c21-13-5-1-11(2-6-13)15-9-10-16(18-17(15)19-23-20-18)12-3-7-14(22)8-4-12/h1-10,21-22H. The summed E-state index contributed by atoms with van der Waals surface area (Å²) in [5, 5.41) is 26.9. The number of aromatic hydroxyl groups is 2. The second-order valence-electron chi connectivity index (χ2n) is 5.22. The lowest BCUT2D eigenvalue weighted by Crippen LogP contribution is -1.85. The van der Waals surface area contributed by atoms with Crippen molar-refractivity contribution in [1.82, 2.24) is 10.3 Å². The molecule has 0 radical (unpaired) electrons. The molecular formula is C18H12N2O3. The molecule has 0 aliphatic rings. The van der Waals surface area contributed by atoms with Crippen LogP contribution in [0.5, 0.6) is 11.5 Å². The van der Waals surface area contributed by atoms with Crippen molar-refractivity contribution in [2.45, 2.75) is 0 Å². The van der Waals surface area contributed by atoms with Gasteiger partial charge in [-0.05, 0) is 45.7 Å². The van der Waals surface area contributed by atoms with E-state index in [0.29, 0.717) is 11.0 Å². The number of rotatable bonds is 2. The molecule has 0 saturated carbocycles. The van der Waals surface area contributed by atoms with Crippen molar-refractivity contribution in [3.8, 4) is 33.8 Å². The molecule has 0 aliphatic heterocycles. The van der Waals surface area contributed by atoms with E-state index in [1.54, 1.807) is 24.3 Å². The van der Waals surface area contributed by atoms with Gasteiger partial charge in [0.15, 0.2) is 0 Å². The predicted octanol–water partition coefficient (Wildman–Crippen LogP) is 3.97. The summed E-state index contributed by atoms with van der Waals surface area (Å²) in [6.45, 7) is 0. The van der Waals surface area contributed by atoms with Gasteiger partial charge in [0, 0.05) is 11.1 Å². The summed E-state index contributed by atoms with van der Waals surface area (Å²) in [5.41, 5.74) is 4.90. The number of phenols is 2. The fourth-order valence-corrected chi connectivity index (χ4v) is 2.61. The van der Waals surface area contributed by atoms with E-state index in [-0.39, 0.29) is 11.5 Å². The summed E-state index contributed by atoms with van der Waals surface area (Å²) in [7, 11) is 0. The topological polar surface area (TPSA) is 79.4 Å². The smallest absolute Gasteiger partial charge is 0.143 e. The Hall–Kier alpha value is -3.34. The summed E-state index contributed by atoms with van der Waals surface area (Å²) in [5.74, 6) is 0.424. The lowest BCUT2D eigenvalue weighted by molar-refractivity contribution is 0.315. The summed E-state index contributed by atoms with van der Waals surface area (Å²) in [4.78, 5) is 0. The largest absolute Gasteiger partial charge is 0.508 e. The molecule has 0 bridgehead atoms. The van der Waals surface area contributed by atoms with Gasteiger partial charge in [-0.1, -0.05) is 36.4 Å². The molecular weight excluding hydrogens is 292 g/mol. The van der Waals surface area contributed by atoms with E-state index in [2.05, 4.69) is 10.3 Å². The summed E-state index contributed by atoms with van der Waals surface area (Å²) < 4.78 is 4.94. The van der Waals surface area contributed by atoms with Gasteiger partial charge in [-0.2, -0.15) is 0 Å². The Morgan fingerprint density at radius 3 is 1.35 bits per heavy atom. The molecule has 5 nitrogen and oxygen atoms in total. The van der Waals surface area contributed by atoms with E-state index in [1.807, 2.05) is 36.4 Å². The molecule has 4 rings (SSSR count). The van der Waals surface area contributed by atoms with Crippen LogP contribution in [0.4, 0.5) is 0 Å². The normalized spacial score (nSPS) is 11.0. The molecule has 3 aromatic carbocycles. The maximum Gasteiger partial charge on any atom is 0.143 e. The lowest BCUT2D eigenvalue weighted by Gasteiger charge is -2.06. The first-order valence-corrected chi connectivity index (χ1v) is 7.06. The minimum Gasteiger partial charge on any atom is -0.508 e. The zero-order chi connectivity index (χ0) is 15.8. The van der Waals surface area contributed by atoms with Gasteiger partial charge in [0.2, 0.25) is 0 Å². The molecule has 0 spiro atoms. The predicted molar refractivity (Wildman–Crippen MR) is 86.0 cm³/mol. The first kappa shape index (κ1) is 13.3. The Morgan fingerprint density at radius 2 is 0.957 bits per heavy atom. The lowest BCUT2D eigenvalue weighted by atomic mass is 9.98. The van der Waals surface area contributed by atoms with Gasteiger partial charge in [0.25, 0.3) is 0 Å². The Labute approximate surface area is 131 Å². The van der Waals surface area contributed by atoms with Crippen LogP contribution >= 0.6 is 0 Å². The van der Waals surface area contributed by atoms with Gasteiger partial charge in [0.05, 0.1) is 0 Å². The van der Waals surface area contributed by atoms with Crippen LogP contribution in [0.1, 0.15) is 0 Å². The monoisotopic (exact) mass is 304 g/mol. The van der Waals surface area contributed by atoms with Gasteiger partial charge in [0.1, 0.15) is 22.5 Å². The van der Waals surface area contributed by atoms with Crippen LogP contribution in [-0.4, -0.2) is 20.5 Å². The van der Waals surface area contributed by atoms with Gasteiger partial charge in [-0.25, -0.2) is 4.63 Å². The maximum atomic E-state index is 9.43. The third-order valence-corrected chi connectivity index (χ3v) is 3.77. The number of hydrogen-bond acceptors (Lipinski definition) is 5. The Balaban J connectivity index is 1.91. The Kier molecular flexibility index (Phi) is 2.98. The fourth-order valence-electron chi connectivity index (χ4n) is 2.61. The average molecular weight is 304 g/mol. The molecule has 0 amide bonds. The molecule has 5 heteroatoms. The number of nitrogens with zero attached hydrogens (tertiary/aromatic N) is 2. The van der Waals surface area contributed by atoms with Crippen molar-refractivity contribution >= 4 is 11.0 Å². The van der Waals surface area contributed by atoms with Gasteiger partial charge in [-0.3, -0.25) is 0 Å². The van der Waals surface area contributed by atoms with E-state index in [0.717, 1.165) is 22.3 Å². The fraction of sp³-hybridized carbons (Fsp3) is 0. The zero-order valence-corrected chi connectivity index (χ0v) is 12.0. The number of benzene rings is 3. The first-order chi connectivity index (χ1) is 11.2. The highest BCUT2D eigenvalue weighted by atomic mass is 16.6. The molecule has 1 aromatic heterocycles. The molecule has 0 saturated heterocycles. The van der Waals surface area contributed by atoms with E-state index < -0.39 is 0 Å². The molecule has 0 unspecified atom stereocenters. The highest BCUT2D eigenvalue weighted by Crippen LogP contribution is 2.34. The summed E-state index contributed by atoms with van der Waals surface area (Å²) in [6.07, 6.45) is 0. The molecule has 112 valence electrons. The van der Waals surface area contributed by atoms with Gasteiger partial charge in [-0.15, -0.1) is 0 Å². The second kappa shape index (κ2) is 5.14. The van der Waals surface area contributed by atoms with Crippen LogP contribution in [-0.2, 0) is 0 Å². The van der Waals surface area contributed by atoms with E-state index in [4.69, 9.17) is 4.63 Å². The third-order valence-electron chi connectivity index (χ3n) is 3.77. The van der Waals surface area contributed by atoms with Crippen molar-refractivity contribution in [2.24, 2.45) is 0 Å². The number of aromatic nitrogens is 2. The average Bonchev–Trinajstić information content (AvgIpc) is 3.05. The number of phenolic OH excluding ortho intramolecular Hbond substituents is 2. The minimum absolute atomic E-state index is 0.212. The van der Waals surface area contributed by atoms with Crippen molar-refractivity contribution in [3.63, 3.8) is 0 Å². The SMILES string of the molecule is Oc1ccc(-c2ccc(-c3ccc(O)cc3)c3nonc23)cc1. The van der Waals surface area contributed by atoms with Crippen LogP contribution in [0.25, 0.3) is 33.3 Å². The van der Waals surface area contributed by atoms with E-state index >= 15 is 0 Å². The van der Waals surface area contributed by atoms with Gasteiger partial charge >= 0.3 is 0 Å². The second-order valence-corrected chi connectivity index (χ2v) is 5.22. The Morgan fingerprint density at radius 1 is 0.565 bits per heavy atom. The van der Waals surface area contributed by atoms with Gasteiger partial charge < -0.3 is 10.2 Å². The number of hydrogen-bond donors (Lipinski definition) is 2. The van der Waals surface area contributed by atoms with Crippen molar-refractivity contribution < 1.29 is 14.8 Å². The molecule has 2 N–H and O–H groups in total. The van der Waals surface area contributed by atoms with Crippen LogP contribution in [0.3, 0.4) is 0 Å². The summed E-state index contributed by atoms with van der Waals surface area (Å²) >= 11 is 0. The van der Waals surface area contributed by atoms with Crippen LogP contribution in [0.15, 0.2) is 65.3 Å². The highest BCUT2D eigenvalue weighted by Gasteiger charge is 2.14. The van der Waals surface area contributed by atoms with Crippen LogP contribution in [0.2, 0.25) is 0 Å². The minimum atomic E-state index is 0.212. The maximum absolute atomic E-state index is 9.43. The quantitative estimate of drug-likeness (QED) is 0.586. The summed E-state index contributed by atoms with van der Waals surface area (Å²) in [6, 6.07) is 17.7. The van der Waals surface area contributed by atoms with E-state index in [9.17, 15) is 10.2 Å². The zero-order valence-electron chi connectivity index (χ0n) is 12.0. The highest BCUT2D eigenvalue weighted by molar-refractivity contribution is 6.00. The molecule has 0 fully saturated rings. The van der Waals surface area contributed by atoms with Crippen molar-refractivity contribution in [1.29, 1.82) is 0 Å². The van der Waals surface area contributed by atoms with E-state index in [1.165, 1.54) is 0 Å². The van der Waals surface area contributed by atoms with Crippen LogP contribution < -0.4 is 0 Å². The molecule has 0 atom stereocenters. The Bertz CT molecular complexity index is 894. The molecule has 1 heterocycles. The van der Waals surface area contributed by atoms with Crippen molar-refractivity contribution in [2.75, 3.05) is 0 Å². The van der Waals surface area contributed by atoms with Crippen LogP contribution in [0, 0.1) is 0 Å². The molecule has 4 aromatic rings. The van der Waals surface area contributed by atoms with Crippen molar-refractivity contribution in [3.05, 3.63) is 60.7 Å².